The van der Waals surface area contributed by atoms with Crippen molar-refractivity contribution in [1.82, 2.24) is 9.97 Å². The number of rotatable bonds is 5. The van der Waals surface area contributed by atoms with Crippen LogP contribution in [-0.4, -0.2) is 37.7 Å². The van der Waals surface area contributed by atoms with Gasteiger partial charge in [-0.1, -0.05) is 0 Å². The van der Waals surface area contributed by atoms with Crippen molar-refractivity contribution in [1.29, 1.82) is 0 Å². The number of ether oxygens (including phenoxy) is 1. The number of anilines is 2. The number of nitrogens with one attached hydrogen (secondary N) is 1. The van der Waals surface area contributed by atoms with Crippen LogP contribution in [0.4, 0.5) is 11.6 Å². The summed E-state index contributed by atoms with van der Waals surface area (Å²) in [5.41, 5.74) is 0. The predicted molar refractivity (Wildman–Crippen MR) is 61.2 cm³/mol. The molecule has 1 aromatic heterocycles. The van der Waals surface area contributed by atoms with Gasteiger partial charge in [0.05, 0.1) is 0 Å². The van der Waals surface area contributed by atoms with Gasteiger partial charge < -0.3 is 15.0 Å². The average molecular weight is 210 g/mol. The van der Waals surface area contributed by atoms with Crippen molar-refractivity contribution in [2.24, 2.45) is 0 Å². The van der Waals surface area contributed by atoms with Crippen LogP contribution in [0.1, 0.15) is 12.7 Å². The summed E-state index contributed by atoms with van der Waals surface area (Å²) in [4.78, 5) is 10.6. The molecule has 1 rings (SSSR count). The fraction of sp³-hybridized carbons (Fsp3) is 0.600. The van der Waals surface area contributed by atoms with Crippen molar-refractivity contribution in [3.63, 3.8) is 0 Å². The molecule has 0 radical (unpaired) electrons. The van der Waals surface area contributed by atoms with E-state index in [1.54, 1.807) is 7.11 Å². The summed E-state index contributed by atoms with van der Waals surface area (Å²) in [5.74, 6) is 2.41. The molecular formula is C10H18N4O. The summed E-state index contributed by atoms with van der Waals surface area (Å²) < 4.78 is 5.02. The molecule has 1 N–H and O–H groups in total. The molecule has 0 aliphatic heterocycles. The minimum Gasteiger partial charge on any atom is -0.377 e. The highest BCUT2D eigenvalue weighted by Crippen LogP contribution is 2.13. The lowest BCUT2D eigenvalue weighted by Gasteiger charge is -2.14. The van der Waals surface area contributed by atoms with Crippen LogP contribution < -0.4 is 10.2 Å². The van der Waals surface area contributed by atoms with E-state index in [1.807, 2.05) is 32.0 Å². The Labute approximate surface area is 90.5 Å². The largest absolute Gasteiger partial charge is 0.377 e. The van der Waals surface area contributed by atoms with Crippen LogP contribution in [0.3, 0.4) is 0 Å². The standard InChI is InChI=1S/C10H18N4O/c1-5-11-8-6-10(14(2)3)13-9(12-8)7-15-4/h6H,5,7H2,1-4H3,(H,11,12,13). The van der Waals surface area contributed by atoms with E-state index >= 15 is 0 Å². The minimum absolute atomic E-state index is 0.431. The highest BCUT2D eigenvalue weighted by Gasteiger charge is 2.05. The Morgan fingerprint density at radius 1 is 1.40 bits per heavy atom. The molecule has 0 unspecified atom stereocenters. The summed E-state index contributed by atoms with van der Waals surface area (Å²) in [5, 5.41) is 3.17. The first-order valence-electron chi connectivity index (χ1n) is 4.95. The Hall–Kier alpha value is -1.36. The van der Waals surface area contributed by atoms with Crippen molar-refractivity contribution >= 4 is 11.6 Å². The summed E-state index contributed by atoms with van der Waals surface area (Å²) in [7, 11) is 5.54. The Balaban J connectivity index is 2.97. The first-order chi connectivity index (χ1) is 7.17. The Kier molecular flexibility index (Phi) is 4.30. The molecule has 0 aliphatic carbocycles. The summed E-state index contributed by atoms with van der Waals surface area (Å²) >= 11 is 0. The smallest absolute Gasteiger partial charge is 0.158 e. The fourth-order valence-corrected chi connectivity index (χ4v) is 1.18. The van der Waals surface area contributed by atoms with Gasteiger partial charge in [0, 0.05) is 33.8 Å². The summed E-state index contributed by atoms with van der Waals surface area (Å²) in [6.45, 7) is 3.31. The zero-order valence-corrected chi connectivity index (χ0v) is 9.74. The van der Waals surface area contributed by atoms with Crippen molar-refractivity contribution in [2.45, 2.75) is 13.5 Å². The van der Waals surface area contributed by atoms with Crippen molar-refractivity contribution in [3.05, 3.63) is 11.9 Å². The van der Waals surface area contributed by atoms with E-state index in [9.17, 15) is 0 Å². The summed E-state index contributed by atoms with van der Waals surface area (Å²) in [6, 6.07) is 1.92. The third-order valence-electron chi connectivity index (χ3n) is 1.85. The maximum Gasteiger partial charge on any atom is 0.158 e. The Morgan fingerprint density at radius 2 is 2.13 bits per heavy atom. The number of aromatic nitrogens is 2. The monoisotopic (exact) mass is 210 g/mol. The second kappa shape index (κ2) is 5.50. The molecule has 5 nitrogen and oxygen atoms in total. The minimum atomic E-state index is 0.431. The van der Waals surface area contributed by atoms with E-state index in [1.165, 1.54) is 0 Å². The molecule has 0 spiro atoms. The lowest BCUT2D eigenvalue weighted by molar-refractivity contribution is 0.178. The number of methoxy groups -OCH3 is 1. The van der Waals surface area contributed by atoms with Crippen molar-refractivity contribution in [3.8, 4) is 0 Å². The van der Waals surface area contributed by atoms with E-state index in [0.29, 0.717) is 12.4 Å². The molecule has 0 saturated carbocycles. The van der Waals surface area contributed by atoms with E-state index in [4.69, 9.17) is 4.74 Å². The maximum absolute atomic E-state index is 5.02. The van der Waals surface area contributed by atoms with Gasteiger partial charge in [-0.3, -0.25) is 0 Å². The third-order valence-corrected chi connectivity index (χ3v) is 1.85. The molecule has 84 valence electrons. The molecular weight excluding hydrogens is 192 g/mol. The van der Waals surface area contributed by atoms with E-state index in [2.05, 4.69) is 15.3 Å². The molecule has 0 aromatic carbocycles. The van der Waals surface area contributed by atoms with Gasteiger partial charge >= 0.3 is 0 Å². The second-order valence-electron chi connectivity index (χ2n) is 3.39. The molecule has 0 amide bonds. The van der Waals surface area contributed by atoms with Crippen LogP contribution in [0, 0.1) is 0 Å². The van der Waals surface area contributed by atoms with Gasteiger partial charge in [-0.2, -0.15) is 0 Å². The average Bonchev–Trinajstić information content (AvgIpc) is 2.18. The Bertz CT molecular complexity index is 290. The van der Waals surface area contributed by atoms with Gasteiger partial charge in [-0.25, -0.2) is 9.97 Å². The molecule has 0 fully saturated rings. The van der Waals surface area contributed by atoms with E-state index in [-0.39, 0.29) is 0 Å². The van der Waals surface area contributed by atoms with Crippen LogP contribution in [0.5, 0.6) is 0 Å². The van der Waals surface area contributed by atoms with Crippen molar-refractivity contribution < 1.29 is 4.74 Å². The van der Waals surface area contributed by atoms with Gasteiger partial charge in [0.15, 0.2) is 5.82 Å². The number of hydrogen-bond donors (Lipinski definition) is 1. The lowest BCUT2D eigenvalue weighted by atomic mass is 10.4. The SMILES string of the molecule is CCNc1cc(N(C)C)nc(COC)n1. The quantitative estimate of drug-likeness (QED) is 0.789. The molecule has 0 bridgehead atoms. The molecule has 0 atom stereocenters. The van der Waals surface area contributed by atoms with Crippen LogP contribution in [0.15, 0.2) is 6.07 Å². The highest BCUT2D eigenvalue weighted by atomic mass is 16.5. The fourth-order valence-electron chi connectivity index (χ4n) is 1.18. The van der Waals surface area contributed by atoms with Crippen LogP contribution >= 0.6 is 0 Å². The van der Waals surface area contributed by atoms with Crippen molar-refractivity contribution in [2.75, 3.05) is 38.0 Å². The van der Waals surface area contributed by atoms with Crippen LogP contribution in [0.2, 0.25) is 0 Å². The molecule has 1 heterocycles. The number of nitrogens with zero attached hydrogens (tertiary/aromatic N) is 3. The van der Waals surface area contributed by atoms with Gasteiger partial charge in [0.2, 0.25) is 0 Å². The zero-order chi connectivity index (χ0) is 11.3. The van der Waals surface area contributed by atoms with Gasteiger partial charge in [0.1, 0.15) is 18.2 Å². The molecule has 0 aliphatic rings. The topological polar surface area (TPSA) is 50.3 Å². The molecule has 5 heteroatoms. The van der Waals surface area contributed by atoms with Crippen LogP contribution in [0.25, 0.3) is 0 Å². The highest BCUT2D eigenvalue weighted by molar-refractivity contribution is 5.48. The number of hydrogen-bond acceptors (Lipinski definition) is 5. The molecule has 0 saturated heterocycles. The zero-order valence-electron chi connectivity index (χ0n) is 9.74. The van der Waals surface area contributed by atoms with E-state index in [0.717, 1.165) is 18.2 Å². The Morgan fingerprint density at radius 3 is 2.67 bits per heavy atom. The third kappa shape index (κ3) is 3.36. The lowest BCUT2D eigenvalue weighted by Crippen LogP contribution is -2.14. The second-order valence-corrected chi connectivity index (χ2v) is 3.39. The van der Waals surface area contributed by atoms with E-state index < -0.39 is 0 Å². The van der Waals surface area contributed by atoms with Crippen LogP contribution in [-0.2, 0) is 11.3 Å². The molecule has 1 aromatic rings. The first-order valence-corrected chi connectivity index (χ1v) is 4.95. The first kappa shape index (κ1) is 11.7. The molecule has 15 heavy (non-hydrogen) atoms. The van der Waals surface area contributed by atoms with Gasteiger partial charge in [-0.15, -0.1) is 0 Å². The normalized spacial score (nSPS) is 10.1. The van der Waals surface area contributed by atoms with Gasteiger partial charge in [0.25, 0.3) is 0 Å². The predicted octanol–water partition coefficient (Wildman–Crippen LogP) is 1.12. The van der Waals surface area contributed by atoms with Gasteiger partial charge in [-0.05, 0) is 6.92 Å². The summed E-state index contributed by atoms with van der Waals surface area (Å²) in [6.07, 6.45) is 0. The maximum atomic E-state index is 5.02.